The number of benzene rings is 1. The maximum Gasteiger partial charge on any atom is 0.299 e. The first-order chi connectivity index (χ1) is 6.49. The first-order valence-corrected chi connectivity index (χ1v) is 3.65. The van der Waals surface area contributed by atoms with E-state index in [1.165, 1.54) is 0 Å². The number of carbonyl (C=O) groups excluding carboxylic acids is 1. The molecule has 7 heteroatoms. The van der Waals surface area contributed by atoms with Crippen molar-refractivity contribution in [3.05, 3.63) is 32.6 Å². The van der Waals surface area contributed by atoms with Gasteiger partial charge in [-0.25, -0.2) is 0 Å². The molecule has 0 radical (unpaired) electrons. The standard InChI is InChI=1S/C7H3ClFNO4/c8-4-1-3(2-11)7(12)6(5(4)9)10(13)14/h1-2,12H/p-1. The van der Waals surface area contributed by atoms with Gasteiger partial charge < -0.3 is 5.11 Å². The van der Waals surface area contributed by atoms with Gasteiger partial charge in [0.15, 0.2) is 0 Å². The molecule has 0 N–H and O–H groups in total. The van der Waals surface area contributed by atoms with Crippen molar-refractivity contribution in [1.29, 1.82) is 0 Å². The first kappa shape index (κ1) is 10.4. The van der Waals surface area contributed by atoms with Gasteiger partial charge in [-0.05, 0) is 11.8 Å². The highest BCUT2D eigenvalue weighted by atomic mass is 35.5. The highest BCUT2D eigenvalue weighted by Gasteiger charge is 2.20. The molecule has 0 aromatic heterocycles. The summed E-state index contributed by atoms with van der Waals surface area (Å²) >= 11 is 5.24. The third kappa shape index (κ3) is 1.51. The van der Waals surface area contributed by atoms with E-state index >= 15 is 0 Å². The Hall–Kier alpha value is -1.69. The number of nitro groups is 1. The van der Waals surface area contributed by atoms with E-state index in [2.05, 4.69) is 0 Å². The molecule has 0 aliphatic rings. The Morgan fingerprint density at radius 3 is 2.57 bits per heavy atom. The number of carbonyl (C=O) groups is 1. The average molecular weight is 219 g/mol. The van der Waals surface area contributed by atoms with Crippen molar-refractivity contribution >= 4 is 23.6 Å². The second-order valence-corrected chi connectivity index (χ2v) is 2.72. The fraction of sp³-hybridized carbons (Fsp3) is 0. The van der Waals surface area contributed by atoms with Crippen LogP contribution in [-0.2, 0) is 0 Å². The van der Waals surface area contributed by atoms with Crippen LogP contribution < -0.4 is 5.11 Å². The van der Waals surface area contributed by atoms with Crippen LogP contribution >= 0.6 is 11.6 Å². The minimum atomic E-state index is -1.42. The van der Waals surface area contributed by atoms with Crippen LogP contribution in [0, 0.1) is 15.9 Å². The molecule has 0 spiro atoms. The van der Waals surface area contributed by atoms with Gasteiger partial charge in [-0.1, -0.05) is 11.6 Å². The van der Waals surface area contributed by atoms with E-state index in [4.69, 9.17) is 11.6 Å². The van der Waals surface area contributed by atoms with E-state index in [0.717, 1.165) is 6.07 Å². The zero-order chi connectivity index (χ0) is 10.9. The molecular formula is C7H2ClFNO4-. The molecule has 1 aromatic rings. The summed E-state index contributed by atoms with van der Waals surface area (Å²) in [6.07, 6.45) is 0.0840. The molecular weight excluding hydrogens is 217 g/mol. The molecule has 14 heavy (non-hydrogen) atoms. The molecule has 0 atom stereocenters. The fourth-order valence-electron chi connectivity index (χ4n) is 0.866. The Balaban J connectivity index is 3.61. The maximum atomic E-state index is 12.9. The minimum Gasteiger partial charge on any atom is -0.867 e. The molecule has 0 saturated carbocycles. The van der Waals surface area contributed by atoms with Gasteiger partial charge in [0.2, 0.25) is 5.82 Å². The van der Waals surface area contributed by atoms with Crippen molar-refractivity contribution in [1.82, 2.24) is 0 Å². The Morgan fingerprint density at radius 2 is 2.14 bits per heavy atom. The van der Waals surface area contributed by atoms with Crippen molar-refractivity contribution in [3.63, 3.8) is 0 Å². The number of halogens is 2. The first-order valence-electron chi connectivity index (χ1n) is 3.27. The summed E-state index contributed by atoms with van der Waals surface area (Å²) in [5.74, 6) is -2.70. The molecule has 5 nitrogen and oxygen atoms in total. The lowest BCUT2D eigenvalue weighted by atomic mass is 10.2. The van der Waals surface area contributed by atoms with E-state index in [0.29, 0.717) is 0 Å². The van der Waals surface area contributed by atoms with Gasteiger partial charge in [-0.3, -0.25) is 14.9 Å². The van der Waals surface area contributed by atoms with Crippen LogP contribution in [0.5, 0.6) is 5.75 Å². The van der Waals surface area contributed by atoms with Crippen molar-refractivity contribution in [2.45, 2.75) is 0 Å². The van der Waals surface area contributed by atoms with Crippen LogP contribution in [0.15, 0.2) is 6.07 Å². The number of nitrogens with zero attached hydrogens (tertiary/aromatic N) is 1. The molecule has 0 bridgehead atoms. The molecule has 0 aliphatic heterocycles. The molecule has 74 valence electrons. The summed E-state index contributed by atoms with van der Waals surface area (Å²) in [5.41, 5.74) is -1.84. The summed E-state index contributed by atoms with van der Waals surface area (Å²) in [5, 5.41) is 20.7. The molecule has 1 rings (SSSR count). The molecule has 0 heterocycles. The van der Waals surface area contributed by atoms with E-state index in [1.807, 2.05) is 0 Å². The highest BCUT2D eigenvalue weighted by molar-refractivity contribution is 6.31. The number of rotatable bonds is 2. The maximum absolute atomic E-state index is 12.9. The molecule has 0 unspecified atom stereocenters. The van der Waals surface area contributed by atoms with Crippen molar-refractivity contribution in [2.24, 2.45) is 0 Å². The van der Waals surface area contributed by atoms with Crippen LogP contribution in [0.4, 0.5) is 10.1 Å². The quantitative estimate of drug-likeness (QED) is 0.425. The smallest absolute Gasteiger partial charge is 0.299 e. The summed E-state index contributed by atoms with van der Waals surface area (Å²) in [6, 6.07) is 0.749. The monoisotopic (exact) mass is 218 g/mol. The van der Waals surface area contributed by atoms with Gasteiger partial charge in [0.05, 0.1) is 9.95 Å². The number of aldehydes is 1. The van der Waals surface area contributed by atoms with Crippen molar-refractivity contribution in [2.75, 3.05) is 0 Å². The van der Waals surface area contributed by atoms with Crippen LogP contribution in [0.2, 0.25) is 5.02 Å². The summed E-state index contributed by atoms with van der Waals surface area (Å²) in [7, 11) is 0. The van der Waals surface area contributed by atoms with Crippen LogP contribution in [-0.4, -0.2) is 11.2 Å². The van der Waals surface area contributed by atoms with Gasteiger partial charge in [0, 0.05) is 5.56 Å². The highest BCUT2D eigenvalue weighted by Crippen LogP contribution is 2.33. The topological polar surface area (TPSA) is 83.3 Å². The number of hydrogen-bond donors (Lipinski definition) is 0. The van der Waals surface area contributed by atoms with Gasteiger partial charge >= 0.3 is 0 Å². The molecule has 0 aliphatic carbocycles. The summed E-state index contributed by atoms with van der Waals surface area (Å²) in [4.78, 5) is 19.3. The third-order valence-electron chi connectivity index (χ3n) is 1.49. The zero-order valence-corrected chi connectivity index (χ0v) is 7.25. The van der Waals surface area contributed by atoms with Gasteiger partial charge in [-0.15, -0.1) is 0 Å². The number of nitro benzene ring substituents is 1. The van der Waals surface area contributed by atoms with Crippen LogP contribution in [0.3, 0.4) is 0 Å². The average Bonchev–Trinajstić information content (AvgIpc) is 2.11. The number of hydrogen-bond acceptors (Lipinski definition) is 4. The molecule has 0 fully saturated rings. The zero-order valence-electron chi connectivity index (χ0n) is 6.49. The van der Waals surface area contributed by atoms with Crippen molar-refractivity contribution in [3.8, 4) is 5.75 Å². The second-order valence-electron chi connectivity index (χ2n) is 2.31. The molecule has 0 saturated heterocycles. The lowest BCUT2D eigenvalue weighted by Crippen LogP contribution is -2.04. The predicted octanol–water partition coefficient (Wildman–Crippen LogP) is 1.27. The lowest BCUT2D eigenvalue weighted by Gasteiger charge is -2.10. The molecule has 1 aromatic carbocycles. The summed E-state index contributed by atoms with van der Waals surface area (Å²) in [6.45, 7) is 0. The predicted molar refractivity (Wildman–Crippen MR) is 42.9 cm³/mol. The second kappa shape index (κ2) is 3.59. The fourth-order valence-corrected chi connectivity index (χ4v) is 1.07. The van der Waals surface area contributed by atoms with Crippen LogP contribution in [0.1, 0.15) is 10.4 Å². The van der Waals surface area contributed by atoms with Crippen molar-refractivity contribution < 1.29 is 19.2 Å². The molecule has 0 amide bonds. The summed E-state index contributed by atoms with van der Waals surface area (Å²) < 4.78 is 12.9. The Bertz CT molecular complexity index is 421. The SMILES string of the molecule is O=Cc1cc(Cl)c(F)c([N+](=O)[O-])c1[O-]. The normalized spacial score (nSPS) is 9.86. The van der Waals surface area contributed by atoms with E-state index < -0.39 is 32.8 Å². The van der Waals surface area contributed by atoms with Gasteiger partial charge in [0.1, 0.15) is 6.29 Å². The Labute approximate surface area is 81.9 Å². The minimum absolute atomic E-state index is 0.0840. The van der Waals surface area contributed by atoms with Gasteiger partial charge in [0.25, 0.3) is 5.69 Å². The Kier molecular flexibility index (Phi) is 2.66. The van der Waals surface area contributed by atoms with E-state index in [-0.39, 0.29) is 6.29 Å². The van der Waals surface area contributed by atoms with E-state index in [1.54, 1.807) is 0 Å². The van der Waals surface area contributed by atoms with E-state index in [9.17, 15) is 24.4 Å². The lowest BCUT2D eigenvalue weighted by molar-refractivity contribution is -0.400. The third-order valence-corrected chi connectivity index (χ3v) is 1.76. The van der Waals surface area contributed by atoms with Gasteiger partial charge in [-0.2, -0.15) is 4.39 Å². The largest absolute Gasteiger partial charge is 0.867 e. The van der Waals surface area contributed by atoms with Crippen LogP contribution in [0.25, 0.3) is 0 Å². The Morgan fingerprint density at radius 1 is 1.57 bits per heavy atom.